The Morgan fingerprint density at radius 1 is 1.11 bits per heavy atom. The summed E-state index contributed by atoms with van der Waals surface area (Å²) in [6.45, 7) is 7.49. The lowest BCUT2D eigenvalue weighted by Gasteiger charge is -2.30. The van der Waals surface area contributed by atoms with Gasteiger partial charge in [-0.15, -0.1) is 0 Å². The van der Waals surface area contributed by atoms with Crippen LogP contribution in [0, 0.1) is 17.3 Å². The second kappa shape index (κ2) is 11.6. The number of hydrogen-bond donors (Lipinski definition) is 3. The van der Waals surface area contributed by atoms with Crippen molar-refractivity contribution in [1.29, 1.82) is 0 Å². The van der Waals surface area contributed by atoms with Crippen molar-refractivity contribution in [2.75, 3.05) is 25.1 Å². The van der Waals surface area contributed by atoms with Gasteiger partial charge < -0.3 is 30.4 Å². The number of halogens is 3. The second-order valence-corrected chi connectivity index (χ2v) is 12.5. The number of Topliss-reactive ketones (excluding diaryl/α,β-unsaturated/α-hetero) is 1. The van der Waals surface area contributed by atoms with E-state index in [2.05, 4.69) is 10.6 Å². The molecular formula is C31H37F3N4O6. The first-order chi connectivity index (χ1) is 20.7. The van der Waals surface area contributed by atoms with Crippen molar-refractivity contribution in [3.8, 4) is 5.69 Å². The first-order valence-electron chi connectivity index (χ1n) is 14.8. The third-order valence-corrected chi connectivity index (χ3v) is 8.79. The SMILES string of the molecule is CCOC(=O)c1c(C(F)(F)F)c2c(n1-c1ccc(C(N)=O)c(N[C@H]3C[C@@H]4CN[C@H](C(=O)OCC)[C@H]4C3)c1)CC(C)(C)CC2=O. The number of nitrogens with one attached hydrogen (secondary N) is 2. The predicted molar refractivity (Wildman–Crippen MR) is 154 cm³/mol. The predicted octanol–water partition coefficient (Wildman–Crippen LogP) is 4.27. The van der Waals surface area contributed by atoms with Crippen LogP contribution < -0.4 is 16.4 Å². The van der Waals surface area contributed by atoms with Crippen LogP contribution in [0.4, 0.5) is 18.9 Å². The minimum atomic E-state index is -5.02. The van der Waals surface area contributed by atoms with Crippen LogP contribution >= 0.6 is 0 Å². The first-order valence-corrected chi connectivity index (χ1v) is 14.8. The van der Waals surface area contributed by atoms with Crippen LogP contribution in [-0.4, -0.2) is 60.0 Å². The van der Waals surface area contributed by atoms with E-state index in [1.807, 2.05) is 0 Å². The standard InChI is InChI=1S/C31H37F3N4O6/c1-5-43-28(41)25-19-10-16(9-15(19)14-36-25)37-20-11-17(7-8-18(20)27(35)40)38-21-12-30(3,4)13-22(39)23(21)24(31(32,33)34)26(38)29(42)44-6-2/h7-8,11,15-16,19,25,36-37H,5-6,9-10,12-14H2,1-4H3,(H2,35,40)/t15-,16+,19+,25+/m1/s1. The molecule has 2 aliphatic carbocycles. The molecule has 1 saturated heterocycles. The molecule has 10 nitrogen and oxygen atoms in total. The fourth-order valence-electron chi connectivity index (χ4n) is 7.15. The average molecular weight is 619 g/mol. The minimum Gasteiger partial charge on any atom is -0.465 e. The summed E-state index contributed by atoms with van der Waals surface area (Å²) >= 11 is 0. The molecule has 0 radical (unpaired) electrons. The summed E-state index contributed by atoms with van der Waals surface area (Å²) < 4.78 is 55.3. The van der Waals surface area contributed by atoms with Gasteiger partial charge in [-0.3, -0.25) is 14.4 Å². The number of ether oxygens (including phenoxy) is 2. The fraction of sp³-hybridized carbons (Fsp3) is 0.548. The number of benzene rings is 1. The molecule has 1 saturated carbocycles. The zero-order valence-electron chi connectivity index (χ0n) is 25.1. The number of primary amides is 1. The third kappa shape index (κ3) is 5.69. The number of hydrogen-bond acceptors (Lipinski definition) is 8. The fourth-order valence-corrected chi connectivity index (χ4v) is 7.15. The molecule has 1 aromatic heterocycles. The molecule has 238 valence electrons. The Morgan fingerprint density at radius 3 is 2.45 bits per heavy atom. The van der Waals surface area contributed by atoms with Gasteiger partial charge in [-0.1, -0.05) is 13.8 Å². The summed E-state index contributed by atoms with van der Waals surface area (Å²) in [4.78, 5) is 51.3. The van der Waals surface area contributed by atoms with Gasteiger partial charge in [0, 0.05) is 29.5 Å². The molecule has 2 fully saturated rings. The summed E-state index contributed by atoms with van der Waals surface area (Å²) in [5.74, 6) is -2.81. The van der Waals surface area contributed by atoms with Crippen LogP contribution in [-0.2, 0) is 26.9 Å². The lowest BCUT2D eigenvalue weighted by Crippen LogP contribution is -2.38. The van der Waals surface area contributed by atoms with Crippen LogP contribution in [0.15, 0.2) is 18.2 Å². The number of fused-ring (bicyclic) bond motifs is 2. The monoisotopic (exact) mass is 618 g/mol. The highest BCUT2D eigenvalue weighted by Crippen LogP contribution is 2.46. The Balaban J connectivity index is 1.61. The Morgan fingerprint density at radius 2 is 1.82 bits per heavy atom. The third-order valence-electron chi connectivity index (χ3n) is 8.79. The number of amides is 1. The summed E-state index contributed by atoms with van der Waals surface area (Å²) in [7, 11) is 0. The molecule has 2 heterocycles. The van der Waals surface area contributed by atoms with E-state index in [4.69, 9.17) is 15.2 Å². The number of alkyl halides is 3. The maximum Gasteiger partial charge on any atom is 0.419 e. The molecule has 4 N–H and O–H groups in total. The summed E-state index contributed by atoms with van der Waals surface area (Å²) in [6, 6.07) is 3.65. The topological polar surface area (TPSA) is 142 Å². The highest BCUT2D eigenvalue weighted by molar-refractivity contribution is 6.05. The van der Waals surface area contributed by atoms with Crippen LogP contribution in [0.1, 0.15) is 89.4 Å². The molecule has 13 heteroatoms. The Kier molecular flexibility index (Phi) is 8.29. The molecule has 0 spiro atoms. The number of aromatic nitrogens is 1. The molecule has 44 heavy (non-hydrogen) atoms. The number of esters is 2. The van der Waals surface area contributed by atoms with E-state index in [-0.39, 0.29) is 72.5 Å². The van der Waals surface area contributed by atoms with E-state index in [0.717, 1.165) is 4.57 Å². The quantitative estimate of drug-likeness (QED) is 0.373. The summed E-state index contributed by atoms with van der Waals surface area (Å²) in [6.07, 6.45) is -3.80. The number of rotatable bonds is 8. The van der Waals surface area contributed by atoms with Crippen molar-refractivity contribution in [2.24, 2.45) is 23.0 Å². The molecule has 1 aliphatic heterocycles. The van der Waals surface area contributed by atoms with Crippen molar-refractivity contribution in [3.63, 3.8) is 0 Å². The zero-order chi connectivity index (χ0) is 32.1. The van der Waals surface area contributed by atoms with Crippen LogP contribution in [0.2, 0.25) is 0 Å². The second-order valence-electron chi connectivity index (χ2n) is 12.5. The van der Waals surface area contributed by atoms with Crippen LogP contribution in [0.25, 0.3) is 5.69 Å². The van der Waals surface area contributed by atoms with Gasteiger partial charge in [0.05, 0.1) is 29.9 Å². The van der Waals surface area contributed by atoms with Crippen molar-refractivity contribution in [1.82, 2.24) is 9.88 Å². The number of carbonyl (C=O) groups excluding carboxylic acids is 4. The first kappa shape index (κ1) is 31.6. The lowest BCUT2D eigenvalue weighted by atomic mass is 9.75. The van der Waals surface area contributed by atoms with Crippen molar-refractivity contribution in [3.05, 3.63) is 46.3 Å². The number of carbonyl (C=O) groups is 4. The van der Waals surface area contributed by atoms with E-state index in [1.165, 1.54) is 25.1 Å². The van der Waals surface area contributed by atoms with Gasteiger partial charge in [-0.05, 0) is 75.1 Å². The van der Waals surface area contributed by atoms with E-state index >= 15 is 0 Å². The van der Waals surface area contributed by atoms with Gasteiger partial charge in [-0.2, -0.15) is 13.2 Å². The lowest BCUT2D eigenvalue weighted by molar-refractivity contribution is -0.146. The van der Waals surface area contributed by atoms with Crippen molar-refractivity contribution in [2.45, 2.75) is 71.6 Å². The van der Waals surface area contributed by atoms with Gasteiger partial charge in [-0.25, -0.2) is 4.79 Å². The van der Waals surface area contributed by atoms with Gasteiger partial charge in [0.1, 0.15) is 11.7 Å². The van der Waals surface area contributed by atoms with E-state index in [0.29, 0.717) is 19.4 Å². The Hall–Kier alpha value is -3.87. The van der Waals surface area contributed by atoms with Crippen LogP contribution in [0.3, 0.4) is 0 Å². The highest BCUT2D eigenvalue weighted by Gasteiger charge is 2.49. The maximum absolute atomic E-state index is 14.6. The van der Waals surface area contributed by atoms with Gasteiger partial charge in [0.15, 0.2) is 5.78 Å². The summed E-state index contributed by atoms with van der Waals surface area (Å²) in [5, 5.41) is 6.56. The summed E-state index contributed by atoms with van der Waals surface area (Å²) in [5.41, 5.74) is 2.95. The molecule has 1 amide bonds. The molecule has 0 bridgehead atoms. The van der Waals surface area contributed by atoms with Crippen LogP contribution in [0.5, 0.6) is 0 Å². The Labute approximate surface area is 252 Å². The molecule has 0 unspecified atom stereocenters. The number of anilines is 1. The van der Waals surface area contributed by atoms with E-state index in [9.17, 15) is 32.3 Å². The normalized spacial score (nSPS) is 24.0. The highest BCUT2D eigenvalue weighted by atomic mass is 19.4. The number of ketones is 1. The average Bonchev–Trinajstić information content (AvgIpc) is 3.59. The zero-order valence-corrected chi connectivity index (χ0v) is 25.1. The molecule has 1 aromatic carbocycles. The van der Waals surface area contributed by atoms with E-state index in [1.54, 1.807) is 20.8 Å². The van der Waals surface area contributed by atoms with Crippen molar-refractivity contribution < 1.29 is 41.8 Å². The molecular weight excluding hydrogens is 581 g/mol. The Bertz CT molecular complexity index is 1510. The maximum atomic E-state index is 14.6. The molecule has 2 aromatic rings. The van der Waals surface area contributed by atoms with Crippen molar-refractivity contribution >= 4 is 29.3 Å². The largest absolute Gasteiger partial charge is 0.465 e. The van der Waals surface area contributed by atoms with Gasteiger partial charge in [0.25, 0.3) is 5.91 Å². The van der Waals surface area contributed by atoms with E-state index < -0.39 is 52.1 Å². The van der Waals surface area contributed by atoms with Gasteiger partial charge >= 0.3 is 18.1 Å². The minimum absolute atomic E-state index is 0.00114. The number of nitrogens with two attached hydrogens (primary N) is 1. The molecule has 4 atom stereocenters. The molecule has 3 aliphatic rings. The molecule has 5 rings (SSSR count). The van der Waals surface area contributed by atoms with Gasteiger partial charge in [0.2, 0.25) is 0 Å². The number of nitrogens with zero attached hydrogens (tertiary/aromatic N) is 1. The smallest absolute Gasteiger partial charge is 0.419 e.